The Balaban J connectivity index is 1.46. The van der Waals surface area contributed by atoms with Crippen molar-refractivity contribution >= 4 is 43.1 Å². The zero-order valence-corrected chi connectivity index (χ0v) is 21.1. The molecule has 2 nitrogen and oxygen atoms in total. The summed E-state index contributed by atoms with van der Waals surface area (Å²) in [6.45, 7) is 13.5. The van der Waals surface area contributed by atoms with Crippen LogP contribution >= 0.6 is 22.7 Å². The molecular weight excluding hydrogens is 428 g/mol. The summed E-state index contributed by atoms with van der Waals surface area (Å²) in [7, 11) is 0. The molecule has 162 valence electrons. The highest BCUT2D eigenvalue weighted by Gasteiger charge is 2.17. The van der Waals surface area contributed by atoms with E-state index in [-0.39, 0.29) is 10.8 Å². The summed E-state index contributed by atoms with van der Waals surface area (Å²) >= 11 is 3.53. The Hall–Kier alpha value is -2.56. The van der Waals surface area contributed by atoms with E-state index in [4.69, 9.17) is 9.97 Å². The Morgan fingerprint density at radius 1 is 0.531 bits per heavy atom. The molecule has 0 fully saturated rings. The summed E-state index contributed by atoms with van der Waals surface area (Å²) in [6.07, 6.45) is 0. The molecule has 0 spiro atoms. The lowest BCUT2D eigenvalue weighted by Gasteiger charge is -2.18. The van der Waals surface area contributed by atoms with Crippen molar-refractivity contribution in [1.82, 2.24) is 9.97 Å². The lowest BCUT2D eigenvalue weighted by atomic mass is 9.87. The molecule has 32 heavy (non-hydrogen) atoms. The van der Waals surface area contributed by atoms with Gasteiger partial charge in [-0.05, 0) is 46.2 Å². The summed E-state index contributed by atoms with van der Waals surface area (Å²) in [4.78, 5) is 9.76. The average molecular weight is 457 g/mol. The summed E-state index contributed by atoms with van der Waals surface area (Å²) in [6, 6.07) is 22.0. The second-order valence-electron chi connectivity index (χ2n) is 10.5. The van der Waals surface area contributed by atoms with Crippen LogP contribution in [0.4, 0.5) is 0 Å². The molecule has 0 N–H and O–H groups in total. The van der Waals surface area contributed by atoms with Crippen molar-refractivity contribution in [3.63, 3.8) is 0 Å². The number of fused-ring (bicyclic) bond motifs is 2. The molecule has 4 heteroatoms. The Labute approximate surface area is 198 Å². The van der Waals surface area contributed by atoms with Crippen LogP contribution in [0.2, 0.25) is 0 Å². The van der Waals surface area contributed by atoms with Crippen LogP contribution in [-0.2, 0) is 10.8 Å². The molecule has 0 amide bonds. The number of rotatable bonds is 2. The zero-order chi connectivity index (χ0) is 22.7. The highest BCUT2D eigenvalue weighted by atomic mass is 32.1. The van der Waals surface area contributed by atoms with Crippen LogP contribution in [-0.4, -0.2) is 9.97 Å². The average Bonchev–Trinajstić information content (AvgIpc) is 3.35. The smallest absolute Gasteiger partial charge is 0.124 e. The van der Waals surface area contributed by atoms with E-state index in [9.17, 15) is 0 Å². The summed E-state index contributed by atoms with van der Waals surface area (Å²) in [5.41, 5.74) is 7.44. The van der Waals surface area contributed by atoms with Gasteiger partial charge in [0.15, 0.2) is 0 Å². The van der Waals surface area contributed by atoms with Gasteiger partial charge in [-0.2, -0.15) is 0 Å². The van der Waals surface area contributed by atoms with Crippen molar-refractivity contribution in [2.24, 2.45) is 0 Å². The standard InChI is InChI=1S/C28H28N2S2/c1-27(2,3)19-11-13-21-23(15-19)31-25(29-21)17-7-9-18(10-8-17)26-30-22-14-12-20(28(4,5)6)16-24(22)32-26/h7-16H,1-6H3. The fourth-order valence-electron chi connectivity index (χ4n) is 3.78. The fourth-order valence-corrected chi connectivity index (χ4v) is 5.81. The second-order valence-corrected chi connectivity index (χ2v) is 12.5. The van der Waals surface area contributed by atoms with Gasteiger partial charge in [0.2, 0.25) is 0 Å². The number of aromatic nitrogens is 2. The number of thiazole rings is 2. The van der Waals surface area contributed by atoms with Crippen LogP contribution in [0.3, 0.4) is 0 Å². The first-order valence-corrected chi connectivity index (χ1v) is 12.6. The molecular formula is C28H28N2S2. The Kier molecular flexibility index (Phi) is 4.99. The number of hydrogen-bond acceptors (Lipinski definition) is 4. The van der Waals surface area contributed by atoms with Crippen molar-refractivity contribution < 1.29 is 0 Å². The Bertz CT molecular complexity index is 1310. The predicted octanol–water partition coefficient (Wildman–Crippen LogP) is 8.84. The maximum absolute atomic E-state index is 4.88. The molecule has 0 saturated carbocycles. The lowest BCUT2D eigenvalue weighted by molar-refractivity contribution is 0.591. The van der Waals surface area contributed by atoms with Crippen LogP contribution in [0.25, 0.3) is 41.6 Å². The monoisotopic (exact) mass is 456 g/mol. The van der Waals surface area contributed by atoms with Crippen molar-refractivity contribution in [2.45, 2.75) is 52.4 Å². The molecule has 0 aliphatic rings. The van der Waals surface area contributed by atoms with Crippen LogP contribution in [0.1, 0.15) is 52.7 Å². The molecule has 0 atom stereocenters. The van der Waals surface area contributed by atoms with Gasteiger partial charge in [0.1, 0.15) is 10.0 Å². The first kappa shape index (κ1) is 21.3. The van der Waals surface area contributed by atoms with Crippen LogP contribution < -0.4 is 0 Å². The van der Waals surface area contributed by atoms with E-state index in [2.05, 4.69) is 102 Å². The number of nitrogens with zero attached hydrogens (tertiary/aromatic N) is 2. The number of benzene rings is 3. The number of hydrogen-bond donors (Lipinski definition) is 0. The lowest BCUT2D eigenvalue weighted by Crippen LogP contribution is -2.10. The van der Waals surface area contributed by atoms with Crippen molar-refractivity contribution in [2.75, 3.05) is 0 Å². The molecule has 2 aromatic heterocycles. The summed E-state index contributed by atoms with van der Waals surface area (Å²) in [5.74, 6) is 0. The van der Waals surface area contributed by atoms with E-state index in [0.717, 1.165) is 32.2 Å². The van der Waals surface area contributed by atoms with Gasteiger partial charge in [0.05, 0.1) is 20.4 Å². The van der Waals surface area contributed by atoms with Gasteiger partial charge < -0.3 is 0 Å². The van der Waals surface area contributed by atoms with Crippen molar-refractivity contribution in [3.8, 4) is 21.1 Å². The predicted molar refractivity (Wildman–Crippen MR) is 141 cm³/mol. The normalized spacial score (nSPS) is 12.7. The van der Waals surface area contributed by atoms with Crippen LogP contribution in [0.15, 0.2) is 60.7 Å². The molecule has 0 bridgehead atoms. The first-order valence-electron chi connectivity index (χ1n) is 11.0. The molecule has 2 heterocycles. The minimum absolute atomic E-state index is 0.144. The fraction of sp³-hybridized carbons (Fsp3) is 0.286. The molecule has 0 radical (unpaired) electrons. The van der Waals surface area contributed by atoms with Gasteiger partial charge in [-0.1, -0.05) is 77.9 Å². The quantitative estimate of drug-likeness (QED) is 0.265. The van der Waals surface area contributed by atoms with Crippen LogP contribution in [0.5, 0.6) is 0 Å². The summed E-state index contributed by atoms with van der Waals surface area (Å²) in [5, 5.41) is 2.13. The highest BCUT2D eigenvalue weighted by molar-refractivity contribution is 7.22. The van der Waals surface area contributed by atoms with Crippen molar-refractivity contribution in [3.05, 3.63) is 71.8 Å². The largest absolute Gasteiger partial charge is 0.236 e. The van der Waals surface area contributed by atoms with E-state index in [1.165, 1.54) is 20.5 Å². The molecule has 0 saturated heterocycles. The maximum atomic E-state index is 4.88. The third-order valence-electron chi connectivity index (χ3n) is 5.89. The minimum atomic E-state index is 0.144. The van der Waals surface area contributed by atoms with E-state index in [0.29, 0.717) is 0 Å². The third kappa shape index (κ3) is 3.98. The molecule has 0 aliphatic carbocycles. The topological polar surface area (TPSA) is 25.8 Å². The Morgan fingerprint density at radius 2 is 0.906 bits per heavy atom. The van der Waals surface area contributed by atoms with Gasteiger partial charge in [-0.3, -0.25) is 0 Å². The SMILES string of the molecule is CC(C)(C)c1ccc2nc(-c3ccc(-c4nc5ccc(C(C)(C)C)cc5s4)cc3)sc2c1. The summed E-state index contributed by atoms with van der Waals surface area (Å²) < 4.78 is 2.50. The van der Waals surface area contributed by atoms with E-state index < -0.39 is 0 Å². The highest BCUT2D eigenvalue weighted by Crippen LogP contribution is 2.36. The van der Waals surface area contributed by atoms with E-state index in [1.54, 1.807) is 22.7 Å². The minimum Gasteiger partial charge on any atom is -0.236 e. The Morgan fingerprint density at radius 3 is 1.25 bits per heavy atom. The van der Waals surface area contributed by atoms with Gasteiger partial charge in [0.25, 0.3) is 0 Å². The van der Waals surface area contributed by atoms with Gasteiger partial charge in [-0.15, -0.1) is 22.7 Å². The molecule has 0 unspecified atom stereocenters. The molecule has 3 aromatic carbocycles. The van der Waals surface area contributed by atoms with Gasteiger partial charge >= 0.3 is 0 Å². The van der Waals surface area contributed by atoms with Gasteiger partial charge in [0, 0.05) is 11.1 Å². The second kappa shape index (κ2) is 7.50. The van der Waals surface area contributed by atoms with E-state index in [1.807, 2.05) is 0 Å². The third-order valence-corrected chi connectivity index (χ3v) is 8.02. The van der Waals surface area contributed by atoms with Crippen molar-refractivity contribution in [1.29, 1.82) is 0 Å². The first-order chi connectivity index (χ1) is 15.1. The van der Waals surface area contributed by atoms with E-state index >= 15 is 0 Å². The zero-order valence-electron chi connectivity index (χ0n) is 19.5. The molecule has 5 rings (SSSR count). The van der Waals surface area contributed by atoms with Gasteiger partial charge in [-0.25, -0.2) is 9.97 Å². The maximum Gasteiger partial charge on any atom is 0.124 e. The molecule has 0 aliphatic heterocycles. The molecule has 5 aromatic rings. The van der Waals surface area contributed by atoms with Crippen LogP contribution in [0, 0.1) is 0 Å².